The van der Waals surface area contributed by atoms with E-state index in [4.69, 9.17) is 0 Å². The average molecular weight is 264 g/mol. The summed E-state index contributed by atoms with van der Waals surface area (Å²) in [6.07, 6.45) is 6.44. The molecule has 14 heavy (non-hydrogen) atoms. The van der Waals surface area contributed by atoms with Crippen molar-refractivity contribution in [2.75, 3.05) is 13.7 Å². The number of ether oxygens (including phenoxy) is 1. The van der Waals surface area contributed by atoms with E-state index in [0.717, 1.165) is 0 Å². The first kappa shape index (κ1) is 12.0. The Morgan fingerprint density at radius 3 is 2.71 bits per heavy atom. The molecule has 0 radical (unpaired) electrons. The van der Waals surface area contributed by atoms with Gasteiger partial charge in [0.15, 0.2) is 0 Å². The monoisotopic (exact) mass is 263 g/mol. The molecule has 82 valence electrons. The third kappa shape index (κ3) is 3.96. The van der Waals surface area contributed by atoms with Gasteiger partial charge in [0.2, 0.25) is 0 Å². The van der Waals surface area contributed by atoms with Gasteiger partial charge in [0.05, 0.1) is 7.11 Å². The third-order valence-electron chi connectivity index (χ3n) is 2.65. The Hall–Kier alpha value is -0.0900. The van der Waals surface area contributed by atoms with Crippen LogP contribution < -0.4 is 5.32 Å². The van der Waals surface area contributed by atoms with Crippen molar-refractivity contribution in [1.82, 2.24) is 5.32 Å². The fourth-order valence-electron chi connectivity index (χ4n) is 1.79. The number of halogens is 1. The van der Waals surface area contributed by atoms with Crippen LogP contribution in [-0.4, -0.2) is 30.5 Å². The second-order valence-electron chi connectivity index (χ2n) is 3.73. The zero-order valence-electron chi connectivity index (χ0n) is 8.59. The normalized spacial score (nSPS) is 20.4. The summed E-state index contributed by atoms with van der Waals surface area (Å²) in [6.45, 7) is 0.664. The Morgan fingerprint density at radius 2 is 2.14 bits per heavy atom. The Morgan fingerprint density at radius 1 is 1.50 bits per heavy atom. The van der Waals surface area contributed by atoms with Crippen LogP contribution >= 0.6 is 15.9 Å². The fraction of sp³-hybridized carbons (Fsp3) is 0.900. The van der Waals surface area contributed by atoms with Crippen LogP contribution in [0.25, 0.3) is 0 Å². The molecule has 3 nitrogen and oxygen atoms in total. The summed E-state index contributed by atoms with van der Waals surface area (Å²) in [7, 11) is 1.41. The van der Waals surface area contributed by atoms with E-state index in [1.54, 1.807) is 0 Å². The van der Waals surface area contributed by atoms with Crippen LogP contribution in [0.3, 0.4) is 0 Å². The molecule has 0 bridgehead atoms. The summed E-state index contributed by atoms with van der Waals surface area (Å²) < 4.78 is 4.63. The lowest BCUT2D eigenvalue weighted by atomic mass is 9.95. The number of alkyl halides is 1. The zero-order valence-corrected chi connectivity index (χ0v) is 10.2. The summed E-state index contributed by atoms with van der Waals surface area (Å²) >= 11 is 3.29. The first-order valence-electron chi connectivity index (χ1n) is 5.19. The van der Waals surface area contributed by atoms with Gasteiger partial charge in [-0.3, -0.25) is 4.79 Å². The van der Waals surface area contributed by atoms with Crippen molar-refractivity contribution in [3.8, 4) is 0 Å². The van der Waals surface area contributed by atoms with Crippen LogP contribution in [-0.2, 0) is 9.53 Å². The van der Waals surface area contributed by atoms with Gasteiger partial charge in [0.1, 0.15) is 4.83 Å². The number of carbonyl (C=O) groups excluding carboxylic acids is 1. The predicted molar refractivity (Wildman–Crippen MR) is 59.6 cm³/mol. The molecule has 1 N–H and O–H groups in total. The van der Waals surface area contributed by atoms with Crippen molar-refractivity contribution < 1.29 is 9.53 Å². The number of hydrogen-bond acceptors (Lipinski definition) is 3. The molecule has 0 aromatic heterocycles. The minimum atomic E-state index is -0.213. The molecule has 1 unspecified atom stereocenters. The number of rotatable bonds is 4. The summed E-state index contributed by atoms with van der Waals surface area (Å²) in [5.74, 6) is -0.201. The van der Waals surface area contributed by atoms with Gasteiger partial charge in [-0.25, -0.2) is 0 Å². The minimum absolute atomic E-state index is 0.201. The molecule has 1 aliphatic carbocycles. The number of hydrogen-bond donors (Lipinski definition) is 1. The Balaban J connectivity index is 2.15. The standard InChI is InChI=1S/C10H18BrNO2/c1-14-10(13)9(11)7-12-8-5-3-2-4-6-8/h8-9,12H,2-7H2,1H3. The highest BCUT2D eigenvalue weighted by Crippen LogP contribution is 2.17. The van der Waals surface area contributed by atoms with E-state index in [9.17, 15) is 4.79 Å². The fourth-order valence-corrected chi connectivity index (χ4v) is 2.16. The Labute approximate surface area is 93.7 Å². The van der Waals surface area contributed by atoms with Crippen molar-refractivity contribution in [2.24, 2.45) is 0 Å². The summed E-state index contributed by atoms with van der Waals surface area (Å²) in [5.41, 5.74) is 0. The van der Waals surface area contributed by atoms with Gasteiger partial charge in [-0.05, 0) is 12.8 Å². The number of carbonyl (C=O) groups is 1. The summed E-state index contributed by atoms with van der Waals surface area (Å²) in [4.78, 5) is 10.9. The maximum atomic E-state index is 11.1. The van der Waals surface area contributed by atoms with Crippen molar-refractivity contribution in [1.29, 1.82) is 0 Å². The van der Waals surface area contributed by atoms with E-state index in [-0.39, 0.29) is 10.8 Å². The molecule has 0 amide bonds. The third-order valence-corrected chi connectivity index (χ3v) is 3.35. The number of esters is 1. The van der Waals surface area contributed by atoms with Gasteiger partial charge in [-0.2, -0.15) is 0 Å². The van der Waals surface area contributed by atoms with E-state index >= 15 is 0 Å². The van der Waals surface area contributed by atoms with Gasteiger partial charge < -0.3 is 10.1 Å². The molecule has 1 saturated carbocycles. The molecule has 0 spiro atoms. The molecule has 1 fully saturated rings. The topological polar surface area (TPSA) is 38.3 Å². The molecule has 0 aromatic carbocycles. The highest BCUT2D eigenvalue weighted by molar-refractivity contribution is 9.10. The summed E-state index contributed by atoms with van der Waals surface area (Å²) in [5, 5.41) is 3.39. The highest BCUT2D eigenvalue weighted by atomic mass is 79.9. The SMILES string of the molecule is COC(=O)C(Br)CNC1CCCCC1. The molecular formula is C10H18BrNO2. The van der Waals surface area contributed by atoms with Crippen molar-refractivity contribution in [3.63, 3.8) is 0 Å². The lowest BCUT2D eigenvalue weighted by Gasteiger charge is -2.23. The largest absolute Gasteiger partial charge is 0.468 e. The van der Waals surface area contributed by atoms with Gasteiger partial charge in [0, 0.05) is 12.6 Å². The maximum Gasteiger partial charge on any atom is 0.320 e. The van der Waals surface area contributed by atoms with Crippen molar-refractivity contribution in [2.45, 2.75) is 43.0 Å². The van der Waals surface area contributed by atoms with E-state index in [1.165, 1.54) is 39.2 Å². The van der Waals surface area contributed by atoms with Crippen LogP contribution in [0.5, 0.6) is 0 Å². The molecule has 0 saturated heterocycles. The second kappa shape index (κ2) is 6.40. The molecule has 1 atom stereocenters. The lowest BCUT2D eigenvalue weighted by Crippen LogP contribution is -2.37. The van der Waals surface area contributed by atoms with Gasteiger partial charge >= 0.3 is 5.97 Å². The Bertz CT molecular complexity index is 181. The predicted octanol–water partition coefficient (Wildman–Crippen LogP) is 1.85. The highest BCUT2D eigenvalue weighted by Gasteiger charge is 2.18. The van der Waals surface area contributed by atoms with Crippen molar-refractivity contribution >= 4 is 21.9 Å². The van der Waals surface area contributed by atoms with E-state index in [2.05, 4.69) is 26.0 Å². The van der Waals surface area contributed by atoms with E-state index in [1.807, 2.05) is 0 Å². The van der Waals surface area contributed by atoms with Crippen LogP contribution in [0.15, 0.2) is 0 Å². The van der Waals surface area contributed by atoms with Crippen LogP contribution in [0, 0.1) is 0 Å². The minimum Gasteiger partial charge on any atom is -0.468 e. The zero-order chi connectivity index (χ0) is 10.4. The number of methoxy groups -OCH3 is 1. The lowest BCUT2D eigenvalue weighted by molar-refractivity contribution is -0.139. The van der Waals surface area contributed by atoms with Gasteiger partial charge in [-0.15, -0.1) is 0 Å². The molecule has 0 heterocycles. The smallest absolute Gasteiger partial charge is 0.320 e. The first-order valence-corrected chi connectivity index (χ1v) is 6.11. The maximum absolute atomic E-state index is 11.1. The van der Waals surface area contributed by atoms with Crippen LogP contribution in [0.4, 0.5) is 0 Å². The average Bonchev–Trinajstić information content (AvgIpc) is 2.26. The molecule has 0 aliphatic heterocycles. The molecule has 4 heteroatoms. The van der Waals surface area contributed by atoms with Gasteiger partial charge in [0.25, 0.3) is 0 Å². The Kier molecular flexibility index (Phi) is 5.48. The van der Waals surface area contributed by atoms with E-state index < -0.39 is 0 Å². The molecule has 1 rings (SSSR count). The molecular weight excluding hydrogens is 246 g/mol. The molecule has 0 aromatic rings. The van der Waals surface area contributed by atoms with Crippen molar-refractivity contribution in [3.05, 3.63) is 0 Å². The van der Waals surface area contributed by atoms with Gasteiger partial charge in [-0.1, -0.05) is 35.2 Å². The summed E-state index contributed by atoms with van der Waals surface area (Å²) in [6, 6.07) is 0.591. The quantitative estimate of drug-likeness (QED) is 0.622. The molecule has 1 aliphatic rings. The van der Waals surface area contributed by atoms with Crippen LogP contribution in [0.2, 0.25) is 0 Å². The van der Waals surface area contributed by atoms with Crippen LogP contribution in [0.1, 0.15) is 32.1 Å². The first-order chi connectivity index (χ1) is 6.74. The number of nitrogens with one attached hydrogen (secondary N) is 1. The van der Waals surface area contributed by atoms with E-state index in [0.29, 0.717) is 12.6 Å². The second-order valence-corrected chi connectivity index (χ2v) is 4.84.